The fourth-order valence-electron chi connectivity index (χ4n) is 2.93. The first-order valence-electron chi connectivity index (χ1n) is 9.55. The summed E-state index contributed by atoms with van der Waals surface area (Å²) in [7, 11) is 0. The summed E-state index contributed by atoms with van der Waals surface area (Å²) in [6.45, 7) is 5.89. The molecule has 0 fully saturated rings. The largest absolute Gasteiger partial charge is 0.349 e. The molecule has 8 heteroatoms. The molecule has 0 aliphatic carbocycles. The van der Waals surface area contributed by atoms with Crippen molar-refractivity contribution >= 4 is 40.6 Å². The molecule has 1 atom stereocenters. The van der Waals surface area contributed by atoms with E-state index in [2.05, 4.69) is 14.9 Å². The summed E-state index contributed by atoms with van der Waals surface area (Å²) in [6, 6.07) is 15.2. The van der Waals surface area contributed by atoms with Crippen molar-refractivity contribution in [2.75, 3.05) is 4.90 Å². The van der Waals surface area contributed by atoms with Crippen molar-refractivity contribution in [3.8, 4) is 0 Å². The fourth-order valence-corrected chi connectivity index (χ4v) is 3.55. The molecule has 0 saturated carbocycles. The maximum absolute atomic E-state index is 13.5. The highest BCUT2D eigenvalue weighted by Crippen LogP contribution is 2.31. The zero-order chi connectivity index (χ0) is 21.7. The molecule has 3 rings (SSSR count). The number of aromatic nitrogens is 2. The van der Waals surface area contributed by atoms with E-state index in [0.29, 0.717) is 16.3 Å². The van der Waals surface area contributed by atoms with Gasteiger partial charge in [-0.1, -0.05) is 59.4 Å². The lowest BCUT2D eigenvalue weighted by Crippen LogP contribution is -2.50. The van der Waals surface area contributed by atoms with Crippen LogP contribution in [-0.2, 0) is 4.79 Å². The molecule has 0 aliphatic heterocycles. The number of hydrogen-bond donors (Lipinski definition) is 1. The van der Waals surface area contributed by atoms with Crippen LogP contribution in [0.1, 0.15) is 49.3 Å². The van der Waals surface area contributed by atoms with E-state index in [1.165, 1.54) is 4.90 Å². The van der Waals surface area contributed by atoms with Gasteiger partial charge in [-0.05, 0) is 55.6 Å². The molecule has 1 heterocycles. The van der Waals surface area contributed by atoms with Crippen molar-refractivity contribution in [2.45, 2.75) is 38.8 Å². The van der Waals surface area contributed by atoms with Crippen molar-refractivity contribution < 1.29 is 9.59 Å². The lowest BCUT2D eigenvalue weighted by molar-refractivity contribution is -0.124. The number of carbonyl (C=O) groups excluding carboxylic acids is 2. The highest BCUT2D eigenvalue weighted by Gasteiger charge is 2.36. The SMILES string of the molecule is CCC(C)(C)NC(=O)[C@H](c1ccccc1)N(C(=O)c1csnn1)c1cccc(Cl)c1. The number of amides is 2. The van der Waals surface area contributed by atoms with Crippen molar-refractivity contribution in [3.63, 3.8) is 0 Å². The summed E-state index contributed by atoms with van der Waals surface area (Å²) in [5.74, 6) is -0.714. The molecule has 2 aromatic carbocycles. The van der Waals surface area contributed by atoms with Crippen LogP contribution in [0, 0.1) is 0 Å². The van der Waals surface area contributed by atoms with Crippen LogP contribution in [0.25, 0.3) is 0 Å². The van der Waals surface area contributed by atoms with Crippen LogP contribution in [0.3, 0.4) is 0 Å². The Hall–Kier alpha value is -2.77. The minimum absolute atomic E-state index is 0.170. The maximum Gasteiger partial charge on any atom is 0.280 e. The van der Waals surface area contributed by atoms with E-state index in [0.717, 1.165) is 18.0 Å². The van der Waals surface area contributed by atoms with Gasteiger partial charge in [-0.3, -0.25) is 14.5 Å². The minimum Gasteiger partial charge on any atom is -0.349 e. The van der Waals surface area contributed by atoms with Gasteiger partial charge in [-0.2, -0.15) is 0 Å². The lowest BCUT2D eigenvalue weighted by Gasteiger charge is -2.34. The van der Waals surface area contributed by atoms with Crippen LogP contribution in [0.4, 0.5) is 5.69 Å². The number of carbonyl (C=O) groups is 2. The van der Waals surface area contributed by atoms with Gasteiger partial charge >= 0.3 is 0 Å². The number of anilines is 1. The van der Waals surface area contributed by atoms with Gasteiger partial charge in [0.1, 0.15) is 6.04 Å². The maximum atomic E-state index is 13.5. The Bertz CT molecular complexity index is 1010. The van der Waals surface area contributed by atoms with Gasteiger partial charge in [-0.15, -0.1) is 5.10 Å². The number of nitrogens with one attached hydrogen (secondary N) is 1. The van der Waals surface area contributed by atoms with E-state index >= 15 is 0 Å². The van der Waals surface area contributed by atoms with Gasteiger partial charge in [0.15, 0.2) is 5.69 Å². The van der Waals surface area contributed by atoms with Gasteiger partial charge < -0.3 is 5.32 Å². The van der Waals surface area contributed by atoms with Crippen molar-refractivity contribution in [1.82, 2.24) is 14.9 Å². The quantitative estimate of drug-likeness (QED) is 0.565. The Morgan fingerprint density at radius 1 is 1.17 bits per heavy atom. The molecule has 0 radical (unpaired) electrons. The molecule has 30 heavy (non-hydrogen) atoms. The molecule has 156 valence electrons. The predicted octanol–water partition coefficient (Wildman–Crippen LogP) is 4.88. The molecular weight excluding hydrogens is 420 g/mol. The van der Waals surface area contributed by atoms with Gasteiger partial charge in [0.2, 0.25) is 5.91 Å². The second-order valence-electron chi connectivity index (χ2n) is 7.49. The van der Waals surface area contributed by atoms with Crippen LogP contribution >= 0.6 is 23.1 Å². The monoisotopic (exact) mass is 442 g/mol. The minimum atomic E-state index is -0.912. The zero-order valence-electron chi connectivity index (χ0n) is 17.0. The lowest BCUT2D eigenvalue weighted by atomic mass is 9.98. The van der Waals surface area contributed by atoms with Crippen LogP contribution in [-0.4, -0.2) is 26.9 Å². The Labute approximate surface area is 185 Å². The van der Waals surface area contributed by atoms with Gasteiger partial charge in [-0.25, -0.2) is 0 Å². The highest BCUT2D eigenvalue weighted by atomic mass is 35.5. The summed E-state index contributed by atoms with van der Waals surface area (Å²) in [5, 5.41) is 9.02. The number of rotatable bonds is 7. The second-order valence-corrected chi connectivity index (χ2v) is 8.53. The number of nitrogens with zero attached hydrogens (tertiary/aromatic N) is 3. The molecule has 6 nitrogen and oxygen atoms in total. The molecule has 0 bridgehead atoms. The number of halogens is 1. The first-order chi connectivity index (χ1) is 14.3. The average molecular weight is 443 g/mol. The fraction of sp³-hybridized carbons (Fsp3) is 0.273. The van der Waals surface area contributed by atoms with Crippen LogP contribution in [0.2, 0.25) is 5.02 Å². The van der Waals surface area contributed by atoms with Crippen molar-refractivity contribution in [1.29, 1.82) is 0 Å². The van der Waals surface area contributed by atoms with E-state index in [4.69, 9.17) is 11.6 Å². The first-order valence-corrected chi connectivity index (χ1v) is 10.8. The molecule has 1 N–H and O–H groups in total. The zero-order valence-corrected chi connectivity index (χ0v) is 18.6. The summed E-state index contributed by atoms with van der Waals surface area (Å²) in [4.78, 5) is 28.4. The van der Waals surface area contributed by atoms with Crippen molar-refractivity contribution in [3.05, 3.63) is 76.3 Å². The Balaban J connectivity index is 2.15. The number of benzene rings is 2. The Kier molecular flexibility index (Phi) is 6.84. The van der Waals surface area contributed by atoms with E-state index < -0.39 is 17.5 Å². The smallest absolute Gasteiger partial charge is 0.280 e. The van der Waals surface area contributed by atoms with Crippen LogP contribution in [0.15, 0.2) is 60.0 Å². The summed E-state index contributed by atoms with van der Waals surface area (Å²) in [5.41, 5.74) is 0.913. The van der Waals surface area contributed by atoms with E-state index in [-0.39, 0.29) is 11.6 Å². The normalized spacial score (nSPS) is 12.3. The number of hydrogen-bond acceptors (Lipinski definition) is 5. The van der Waals surface area contributed by atoms with E-state index in [1.807, 2.05) is 51.1 Å². The van der Waals surface area contributed by atoms with Gasteiger partial charge in [0, 0.05) is 21.6 Å². The van der Waals surface area contributed by atoms with Gasteiger partial charge in [0.05, 0.1) is 0 Å². The van der Waals surface area contributed by atoms with Crippen molar-refractivity contribution in [2.24, 2.45) is 0 Å². The molecular formula is C22H23ClN4O2S. The first kappa shape index (κ1) is 21.9. The third-order valence-corrected chi connectivity index (χ3v) is 5.59. The standard InChI is InChI=1S/C22H23ClN4O2S/c1-4-22(2,3)24-20(28)19(15-9-6-5-7-10-15)27(17-12-8-11-16(23)13-17)21(29)18-14-30-26-25-18/h5-14,19H,4H2,1-3H3,(H,24,28)/t19-/m0/s1. The highest BCUT2D eigenvalue weighted by molar-refractivity contribution is 7.03. The molecule has 1 aromatic heterocycles. The second kappa shape index (κ2) is 9.36. The summed E-state index contributed by atoms with van der Waals surface area (Å²) >= 11 is 7.29. The Morgan fingerprint density at radius 3 is 2.50 bits per heavy atom. The van der Waals surface area contributed by atoms with E-state index in [1.54, 1.807) is 29.6 Å². The summed E-state index contributed by atoms with van der Waals surface area (Å²) < 4.78 is 3.80. The van der Waals surface area contributed by atoms with Crippen LogP contribution < -0.4 is 10.2 Å². The Morgan fingerprint density at radius 2 is 1.90 bits per heavy atom. The molecule has 0 unspecified atom stereocenters. The third-order valence-electron chi connectivity index (χ3n) is 4.85. The van der Waals surface area contributed by atoms with Crippen LogP contribution in [0.5, 0.6) is 0 Å². The topological polar surface area (TPSA) is 75.2 Å². The molecule has 0 aliphatic rings. The molecule has 3 aromatic rings. The predicted molar refractivity (Wildman–Crippen MR) is 120 cm³/mol. The molecule has 2 amide bonds. The third kappa shape index (κ3) is 5.04. The van der Waals surface area contributed by atoms with E-state index in [9.17, 15) is 9.59 Å². The molecule has 0 saturated heterocycles. The average Bonchev–Trinajstić information content (AvgIpc) is 3.26. The van der Waals surface area contributed by atoms with Gasteiger partial charge in [0.25, 0.3) is 5.91 Å². The molecule has 0 spiro atoms. The summed E-state index contributed by atoms with van der Waals surface area (Å²) in [6.07, 6.45) is 0.737.